The molecule has 8 heavy (non-hydrogen) atoms. The number of nitrogens with two attached hydrogens (primary N) is 1. The van der Waals surface area contributed by atoms with Crippen molar-refractivity contribution in [3.8, 4) is 0 Å². The molecule has 0 saturated heterocycles. The van der Waals surface area contributed by atoms with E-state index >= 15 is 0 Å². The van der Waals surface area contributed by atoms with Crippen LogP contribution in [0.3, 0.4) is 0 Å². The Bertz CT molecular complexity index is 66.3. The van der Waals surface area contributed by atoms with E-state index in [4.69, 9.17) is 5.73 Å². The van der Waals surface area contributed by atoms with E-state index in [0.29, 0.717) is 0 Å². The van der Waals surface area contributed by atoms with Crippen LogP contribution >= 0.6 is 37.0 Å². The van der Waals surface area contributed by atoms with Gasteiger partial charge in [0.1, 0.15) is 0 Å². The molecule has 5 atom stereocenters. The molecule has 0 aliphatic heterocycles. The van der Waals surface area contributed by atoms with Crippen LogP contribution in [-0.4, -0.2) is 9.92 Å². The maximum Gasteiger partial charge on any atom is 0.0429 e. The Hall–Kier alpha value is 1.68. The smallest absolute Gasteiger partial charge is 0.0429 e. The van der Waals surface area contributed by atoms with Gasteiger partial charge in [-0.2, -0.15) is 0 Å². The summed E-state index contributed by atoms with van der Waals surface area (Å²) in [5.74, 6) is 0. The molecule has 0 fully saturated rings. The minimum Gasteiger partial charge on any atom is -0.321 e. The fraction of sp³-hybridized carbons (Fsp3) is 1.00. The second-order valence-electron chi connectivity index (χ2n) is 2.22. The monoisotopic (exact) mass is 187 g/mol. The highest BCUT2D eigenvalue weighted by atomic mass is 31.1. The third kappa shape index (κ3) is 3.00. The summed E-state index contributed by atoms with van der Waals surface area (Å²) in [6, 6.07) is 0. The van der Waals surface area contributed by atoms with Crippen LogP contribution in [0, 0.1) is 0 Å². The first-order valence-electron chi connectivity index (χ1n) is 2.19. The van der Waals surface area contributed by atoms with Crippen molar-refractivity contribution >= 4 is 37.0 Å². The van der Waals surface area contributed by atoms with Crippen molar-refractivity contribution in [1.82, 2.24) is 0 Å². The molecule has 2 N–H and O–H groups in total. The van der Waals surface area contributed by atoms with Crippen LogP contribution in [0.1, 0.15) is 6.92 Å². The molecular formula is C3H13NP4. The maximum absolute atomic E-state index is 5.71. The molecule has 0 rings (SSSR count). The van der Waals surface area contributed by atoms with Gasteiger partial charge in [0.2, 0.25) is 0 Å². The van der Waals surface area contributed by atoms with Gasteiger partial charge in [-0.1, -0.05) is 0 Å². The largest absolute Gasteiger partial charge is 0.321 e. The summed E-state index contributed by atoms with van der Waals surface area (Å²) in [4.78, 5) is 0. The van der Waals surface area contributed by atoms with Crippen LogP contribution < -0.4 is 5.73 Å². The summed E-state index contributed by atoms with van der Waals surface area (Å²) in [5.41, 5.74) is 5.71. The minimum absolute atomic E-state index is 0.0718. The zero-order valence-corrected chi connectivity index (χ0v) is 9.51. The third-order valence-corrected chi connectivity index (χ3v) is 4.30. The lowest BCUT2D eigenvalue weighted by Crippen LogP contribution is -2.40. The van der Waals surface area contributed by atoms with Gasteiger partial charge in [-0.3, -0.25) is 0 Å². The molecule has 0 aromatic heterocycles. The summed E-state index contributed by atoms with van der Waals surface area (Å²) in [6.45, 7) is 1.95. The van der Waals surface area contributed by atoms with Crippen molar-refractivity contribution in [2.45, 2.75) is 16.8 Å². The Balaban J connectivity index is 4.02. The van der Waals surface area contributed by atoms with Gasteiger partial charge in [0.25, 0.3) is 0 Å². The van der Waals surface area contributed by atoms with E-state index in [0.717, 1.165) is 0 Å². The van der Waals surface area contributed by atoms with Crippen LogP contribution in [0.25, 0.3) is 0 Å². The topological polar surface area (TPSA) is 26.0 Å². The summed E-state index contributed by atoms with van der Waals surface area (Å²) in [6.07, 6.45) is 0. The molecule has 0 aliphatic carbocycles. The number of rotatable bonds is 1. The van der Waals surface area contributed by atoms with Crippen molar-refractivity contribution in [2.24, 2.45) is 5.73 Å². The van der Waals surface area contributed by atoms with Crippen LogP contribution in [0.5, 0.6) is 0 Å². The zero-order chi connectivity index (χ0) is 7.00. The first-order chi connectivity index (χ1) is 3.25. The quantitative estimate of drug-likeness (QED) is 0.604. The fourth-order valence-electron chi connectivity index (χ4n) is 0. The molecule has 0 radical (unpaired) electrons. The lowest BCUT2D eigenvalue weighted by molar-refractivity contribution is 0.715. The van der Waals surface area contributed by atoms with Gasteiger partial charge < -0.3 is 5.73 Å². The molecule has 5 heteroatoms. The van der Waals surface area contributed by atoms with Crippen molar-refractivity contribution in [2.75, 3.05) is 0 Å². The molecule has 0 aliphatic rings. The van der Waals surface area contributed by atoms with Crippen molar-refractivity contribution < 1.29 is 0 Å². The molecule has 1 nitrogen and oxygen atoms in total. The Morgan fingerprint density at radius 1 is 1.12 bits per heavy atom. The summed E-state index contributed by atoms with van der Waals surface area (Å²) in [7, 11) is 10.5. The van der Waals surface area contributed by atoms with E-state index in [9.17, 15) is 0 Å². The molecule has 50 valence electrons. The SMILES string of the molecule is CC(N)(P)C(P)(P)P. The average molecular weight is 187 g/mol. The van der Waals surface area contributed by atoms with Gasteiger partial charge in [-0.15, -0.1) is 37.0 Å². The minimum atomic E-state index is -0.257. The Morgan fingerprint density at radius 3 is 1.25 bits per heavy atom. The Morgan fingerprint density at radius 2 is 1.25 bits per heavy atom. The van der Waals surface area contributed by atoms with E-state index in [-0.39, 0.29) is 9.92 Å². The predicted molar refractivity (Wildman–Crippen MR) is 54.2 cm³/mol. The van der Waals surface area contributed by atoms with Gasteiger partial charge >= 0.3 is 0 Å². The van der Waals surface area contributed by atoms with Gasteiger partial charge in [-0.25, -0.2) is 0 Å². The lowest BCUT2D eigenvalue weighted by atomic mass is 10.4. The fourth-order valence-corrected chi connectivity index (χ4v) is 0. The van der Waals surface area contributed by atoms with E-state index in [1.165, 1.54) is 0 Å². The van der Waals surface area contributed by atoms with Crippen molar-refractivity contribution in [3.63, 3.8) is 0 Å². The molecular weight excluding hydrogens is 174 g/mol. The van der Waals surface area contributed by atoms with E-state index in [1.807, 2.05) is 6.92 Å². The molecule has 0 bridgehead atoms. The van der Waals surface area contributed by atoms with E-state index in [2.05, 4.69) is 37.0 Å². The summed E-state index contributed by atoms with van der Waals surface area (Å²) in [5, 5.41) is -0.257. The highest BCUT2D eigenvalue weighted by Crippen LogP contribution is 2.45. The zero-order valence-electron chi connectivity index (χ0n) is 4.89. The third-order valence-electron chi connectivity index (χ3n) is 0.933. The summed E-state index contributed by atoms with van der Waals surface area (Å²) < 4.78 is -0.0718. The molecule has 0 amide bonds. The molecule has 0 aromatic carbocycles. The second-order valence-corrected chi connectivity index (χ2v) is 8.28. The number of hydrogen-bond donors (Lipinski definition) is 1. The summed E-state index contributed by atoms with van der Waals surface area (Å²) >= 11 is 0. The molecule has 0 heterocycles. The molecule has 0 saturated carbocycles. The van der Waals surface area contributed by atoms with Gasteiger partial charge in [0.05, 0.1) is 0 Å². The van der Waals surface area contributed by atoms with Gasteiger partial charge in [0, 0.05) is 9.92 Å². The highest BCUT2D eigenvalue weighted by molar-refractivity contribution is 7.59. The van der Waals surface area contributed by atoms with Crippen LogP contribution in [0.15, 0.2) is 0 Å². The normalized spacial score (nSPS) is 20.2. The van der Waals surface area contributed by atoms with E-state index < -0.39 is 0 Å². The van der Waals surface area contributed by atoms with Crippen LogP contribution in [0.4, 0.5) is 0 Å². The van der Waals surface area contributed by atoms with Crippen LogP contribution in [0.2, 0.25) is 0 Å². The predicted octanol–water partition coefficient (Wildman–Crippen LogP) is 0.816. The standard InChI is InChI=1S/C3H13NP4/c1-2(4,5)3(6,7)8/h4-8H2,1H3. The lowest BCUT2D eigenvalue weighted by Gasteiger charge is -2.33. The number of hydrogen-bond acceptors (Lipinski definition) is 1. The van der Waals surface area contributed by atoms with Crippen molar-refractivity contribution in [1.29, 1.82) is 0 Å². The van der Waals surface area contributed by atoms with Crippen molar-refractivity contribution in [3.05, 3.63) is 0 Å². The Labute approximate surface area is 60.1 Å². The van der Waals surface area contributed by atoms with E-state index in [1.54, 1.807) is 0 Å². The second kappa shape index (κ2) is 2.74. The van der Waals surface area contributed by atoms with Crippen LogP contribution in [-0.2, 0) is 0 Å². The maximum atomic E-state index is 5.71. The van der Waals surface area contributed by atoms with Gasteiger partial charge in [-0.05, 0) is 6.92 Å². The van der Waals surface area contributed by atoms with Gasteiger partial charge in [0.15, 0.2) is 0 Å². The first-order valence-corrected chi connectivity index (χ1v) is 4.50. The first kappa shape index (κ1) is 9.68. The molecule has 0 aromatic rings. The Kier molecular flexibility index (Phi) is 3.31. The highest BCUT2D eigenvalue weighted by Gasteiger charge is 2.28. The molecule has 5 unspecified atom stereocenters. The average Bonchev–Trinajstić information content (AvgIpc) is 1.25. The molecule has 0 spiro atoms.